The molecule has 2 N–H and O–H groups in total. The Bertz CT molecular complexity index is 413. The Labute approximate surface area is 102 Å². The molecule has 1 heterocycles. The molecule has 0 radical (unpaired) electrons. The number of carbonyl (C=O) groups is 1. The van der Waals surface area contributed by atoms with Crippen LogP contribution in [0.2, 0.25) is 0 Å². The molecule has 0 amide bonds. The molecule has 0 aliphatic heterocycles. The van der Waals surface area contributed by atoms with Gasteiger partial charge in [0.05, 0.1) is 5.69 Å². The van der Waals surface area contributed by atoms with Crippen molar-refractivity contribution in [3.05, 3.63) is 17.5 Å². The molecule has 0 unspecified atom stereocenters. The molecule has 0 spiro atoms. The average Bonchev–Trinajstić information content (AvgIpc) is 2.58. The number of hydrogen-bond acceptors (Lipinski definition) is 3. The summed E-state index contributed by atoms with van der Waals surface area (Å²) in [6, 6.07) is 2.00. The zero-order chi connectivity index (χ0) is 12.5. The molecular formula is C13H21N3O. The summed E-state index contributed by atoms with van der Waals surface area (Å²) in [7, 11) is 0. The summed E-state index contributed by atoms with van der Waals surface area (Å²) in [5, 5.41) is 4.37. The number of rotatable bonds is 5. The molecule has 1 aromatic heterocycles. The standard InChI is InChI=1S/C13H21N3O/c1-3-16-11(7-10(2)15-16)8-12(17)13(9-14)5-4-6-13/h7H,3-6,8-9,14H2,1-2H3. The van der Waals surface area contributed by atoms with Crippen LogP contribution in [0.5, 0.6) is 0 Å². The molecule has 94 valence electrons. The van der Waals surface area contributed by atoms with Gasteiger partial charge in [-0.1, -0.05) is 6.42 Å². The Balaban J connectivity index is 2.12. The summed E-state index contributed by atoms with van der Waals surface area (Å²) in [4.78, 5) is 12.3. The highest BCUT2D eigenvalue weighted by molar-refractivity contribution is 5.87. The maximum atomic E-state index is 12.3. The molecule has 0 aromatic carbocycles. The van der Waals surface area contributed by atoms with E-state index in [9.17, 15) is 4.79 Å². The van der Waals surface area contributed by atoms with Gasteiger partial charge in [0, 0.05) is 30.6 Å². The molecule has 1 aliphatic carbocycles. The Morgan fingerprint density at radius 1 is 1.59 bits per heavy atom. The van der Waals surface area contributed by atoms with Crippen molar-refractivity contribution in [3.63, 3.8) is 0 Å². The fourth-order valence-electron chi connectivity index (χ4n) is 2.57. The van der Waals surface area contributed by atoms with Gasteiger partial charge in [-0.3, -0.25) is 9.48 Å². The van der Waals surface area contributed by atoms with Gasteiger partial charge in [0.1, 0.15) is 5.78 Å². The highest BCUT2D eigenvalue weighted by Crippen LogP contribution is 2.41. The number of nitrogens with two attached hydrogens (primary N) is 1. The Hall–Kier alpha value is -1.16. The summed E-state index contributed by atoms with van der Waals surface area (Å²) in [5.41, 5.74) is 7.53. The number of aryl methyl sites for hydroxylation is 2. The van der Waals surface area contributed by atoms with Gasteiger partial charge in [0.25, 0.3) is 0 Å². The highest BCUT2D eigenvalue weighted by Gasteiger charge is 2.42. The third-order valence-electron chi connectivity index (χ3n) is 3.92. The molecule has 1 aliphatic rings. The molecule has 1 aromatic rings. The average molecular weight is 235 g/mol. The highest BCUT2D eigenvalue weighted by atomic mass is 16.1. The van der Waals surface area contributed by atoms with Crippen molar-refractivity contribution >= 4 is 5.78 Å². The third-order valence-corrected chi connectivity index (χ3v) is 3.92. The quantitative estimate of drug-likeness (QED) is 0.840. The maximum Gasteiger partial charge on any atom is 0.146 e. The first-order valence-corrected chi connectivity index (χ1v) is 6.38. The lowest BCUT2D eigenvalue weighted by atomic mass is 9.65. The Morgan fingerprint density at radius 3 is 2.76 bits per heavy atom. The lowest BCUT2D eigenvalue weighted by Crippen LogP contribution is -2.45. The number of carbonyl (C=O) groups excluding carboxylic acids is 1. The van der Waals surface area contributed by atoms with Crippen LogP contribution < -0.4 is 5.73 Å². The Morgan fingerprint density at radius 2 is 2.29 bits per heavy atom. The number of aromatic nitrogens is 2. The summed E-state index contributed by atoms with van der Waals surface area (Å²) in [5.74, 6) is 0.292. The predicted molar refractivity (Wildman–Crippen MR) is 66.7 cm³/mol. The van der Waals surface area contributed by atoms with Crippen molar-refractivity contribution in [2.45, 2.75) is 46.1 Å². The van der Waals surface area contributed by atoms with E-state index in [2.05, 4.69) is 5.10 Å². The minimum Gasteiger partial charge on any atom is -0.329 e. The predicted octanol–water partition coefficient (Wildman–Crippen LogP) is 1.45. The van der Waals surface area contributed by atoms with Crippen LogP contribution in [0.25, 0.3) is 0 Å². The number of Topliss-reactive ketones (excluding diaryl/α,β-unsaturated/α-hetero) is 1. The molecule has 0 saturated heterocycles. The van der Waals surface area contributed by atoms with Gasteiger partial charge in [0.15, 0.2) is 0 Å². The molecule has 1 saturated carbocycles. The molecule has 0 atom stereocenters. The van der Waals surface area contributed by atoms with Crippen molar-refractivity contribution < 1.29 is 4.79 Å². The molecular weight excluding hydrogens is 214 g/mol. The van der Waals surface area contributed by atoms with E-state index in [4.69, 9.17) is 5.73 Å². The largest absolute Gasteiger partial charge is 0.329 e. The third kappa shape index (κ3) is 2.14. The van der Waals surface area contributed by atoms with Gasteiger partial charge in [-0.2, -0.15) is 5.10 Å². The molecule has 17 heavy (non-hydrogen) atoms. The number of nitrogens with zero attached hydrogens (tertiary/aromatic N) is 2. The Kier molecular flexibility index (Phi) is 3.33. The van der Waals surface area contributed by atoms with Gasteiger partial charge in [-0.05, 0) is 32.8 Å². The first kappa shape index (κ1) is 12.3. The van der Waals surface area contributed by atoms with E-state index in [-0.39, 0.29) is 5.41 Å². The van der Waals surface area contributed by atoms with E-state index >= 15 is 0 Å². The fourth-order valence-corrected chi connectivity index (χ4v) is 2.57. The van der Waals surface area contributed by atoms with Crippen LogP contribution >= 0.6 is 0 Å². The van der Waals surface area contributed by atoms with Crippen LogP contribution in [0, 0.1) is 12.3 Å². The first-order valence-electron chi connectivity index (χ1n) is 6.38. The molecule has 2 rings (SSSR count). The SMILES string of the molecule is CCn1nc(C)cc1CC(=O)C1(CN)CCC1. The molecule has 4 nitrogen and oxygen atoms in total. The van der Waals surface area contributed by atoms with Gasteiger partial charge in [-0.15, -0.1) is 0 Å². The normalized spacial score (nSPS) is 17.8. The van der Waals surface area contributed by atoms with E-state index in [0.29, 0.717) is 18.7 Å². The number of ketones is 1. The van der Waals surface area contributed by atoms with Crippen LogP contribution in [0.1, 0.15) is 37.6 Å². The van der Waals surface area contributed by atoms with Crippen molar-refractivity contribution in [1.82, 2.24) is 9.78 Å². The summed E-state index contributed by atoms with van der Waals surface area (Å²) >= 11 is 0. The van der Waals surface area contributed by atoms with Gasteiger partial charge in [-0.25, -0.2) is 0 Å². The van der Waals surface area contributed by atoms with Crippen LogP contribution in [0.15, 0.2) is 6.07 Å². The second-order valence-corrected chi connectivity index (χ2v) is 5.03. The van der Waals surface area contributed by atoms with Crippen LogP contribution in [-0.2, 0) is 17.8 Å². The van der Waals surface area contributed by atoms with Gasteiger partial charge >= 0.3 is 0 Å². The topological polar surface area (TPSA) is 60.9 Å². The van der Waals surface area contributed by atoms with E-state index in [1.165, 1.54) is 0 Å². The van der Waals surface area contributed by atoms with E-state index in [1.54, 1.807) is 0 Å². The summed E-state index contributed by atoms with van der Waals surface area (Å²) in [6.45, 7) is 5.31. The van der Waals surface area contributed by atoms with Crippen molar-refractivity contribution in [1.29, 1.82) is 0 Å². The van der Waals surface area contributed by atoms with E-state index in [1.807, 2.05) is 24.6 Å². The monoisotopic (exact) mass is 235 g/mol. The van der Waals surface area contributed by atoms with E-state index < -0.39 is 0 Å². The minimum atomic E-state index is -0.225. The number of hydrogen-bond donors (Lipinski definition) is 1. The summed E-state index contributed by atoms with van der Waals surface area (Å²) < 4.78 is 1.91. The van der Waals surface area contributed by atoms with Crippen molar-refractivity contribution in [2.75, 3.05) is 6.54 Å². The van der Waals surface area contributed by atoms with Gasteiger partial charge < -0.3 is 5.73 Å². The summed E-state index contributed by atoms with van der Waals surface area (Å²) in [6.07, 6.45) is 3.53. The fraction of sp³-hybridized carbons (Fsp3) is 0.692. The smallest absolute Gasteiger partial charge is 0.146 e. The lowest BCUT2D eigenvalue weighted by Gasteiger charge is -2.39. The molecule has 1 fully saturated rings. The van der Waals surface area contributed by atoms with E-state index in [0.717, 1.165) is 37.2 Å². The maximum absolute atomic E-state index is 12.3. The zero-order valence-electron chi connectivity index (χ0n) is 10.7. The van der Waals surface area contributed by atoms with Gasteiger partial charge in [0.2, 0.25) is 0 Å². The molecule has 4 heteroatoms. The lowest BCUT2D eigenvalue weighted by molar-refractivity contribution is -0.132. The van der Waals surface area contributed by atoms with Crippen molar-refractivity contribution in [3.8, 4) is 0 Å². The zero-order valence-corrected chi connectivity index (χ0v) is 10.7. The first-order chi connectivity index (χ1) is 8.11. The van der Waals surface area contributed by atoms with Crippen LogP contribution in [0.4, 0.5) is 0 Å². The molecule has 0 bridgehead atoms. The van der Waals surface area contributed by atoms with Crippen LogP contribution in [0.3, 0.4) is 0 Å². The van der Waals surface area contributed by atoms with Crippen LogP contribution in [-0.4, -0.2) is 22.1 Å². The minimum absolute atomic E-state index is 0.225. The van der Waals surface area contributed by atoms with Crippen molar-refractivity contribution in [2.24, 2.45) is 11.1 Å². The second-order valence-electron chi connectivity index (χ2n) is 5.03. The second kappa shape index (κ2) is 4.61.